The van der Waals surface area contributed by atoms with Gasteiger partial charge in [-0.2, -0.15) is 0 Å². The molecule has 11 nitrogen and oxygen atoms in total. The van der Waals surface area contributed by atoms with Crippen LogP contribution in [0.15, 0.2) is 60.7 Å². The molecule has 212 valence electrons. The fourth-order valence-corrected chi connectivity index (χ4v) is 4.28. The fourth-order valence-electron chi connectivity index (χ4n) is 3.35. The van der Waals surface area contributed by atoms with Crippen LogP contribution in [0.1, 0.15) is 36.8 Å². The van der Waals surface area contributed by atoms with E-state index in [0.29, 0.717) is 12.8 Å². The molecule has 2 rings (SSSR count). The molecule has 0 amide bonds. The van der Waals surface area contributed by atoms with E-state index in [4.69, 9.17) is 9.47 Å². The van der Waals surface area contributed by atoms with Crippen LogP contribution in [0.25, 0.3) is 0 Å². The zero-order valence-electron chi connectivity index (χ0n) is 21.6. The molecule has 0 bridgehead atoms. The van der Waals surface area contributed by atoms with E-state index in [0.717, 1.165) is 17.8 Å². The van der Waals surface area contributed by atoms with Crippen molar-refractivity contribution in [1.82, 2.24) is 0 Å². The number of carbonyl (C=O) groups excluding carboxylic acids is 4. The van der Waals surface area contributed by atoms with Gasteiger partial charge in [0.25, 0.3) is 0 Å². The van der Waals surface area contributed by atoms with E-state index in [2.05, 4.69) is 9.05 Å². The van der Waals surface area contributed by atoms with Crippen LogP contribution in [-0.2, 0) is 55.1 Å². The van der Waals surface area contributed by atoms with Crippen molar-refractivity contribution in [1.29, 1.82) is 0 Å². The monoisotopic (exact) mass is 564 g/mol. The minimum Gasteiger partial charge on any atom is -0.465 e. The normalized spacial score (nSPS) is 13.8. The molecule has 39 heavy (non-hydrogen) atoms. The molecular weight excluding hydrogens is 531 g/mol. The maximum atomic E-state index is 12.4. The molecule has 0 radical (unpaired) electrons. The second-order valence-electron chi connectivity index (χ2n) is 8.73. The third-order valence-electron chi connectivity index (χ3n) is 5.14. The van der Waals surface area contributed by atoms with Crippen molar-refractivity contribution in [3.05, 3.63) is 71.8 Å². The third-order valence-corrected chi connectivity index (χ3v) is 6.21. The number of hydrogen-bond donors (Lipinski definition) is 2. The summed E-state index contributed by atoms with van der Waals surface area (Å²) in [5.74, 6) is -3.80. The van der Waals surface area contributed by atoms with Crippen LogP contribution in [0.3, 0.4) is 0 Å². The Morgan fingerprint density at radius 3 is 1.33 bits per heavy atom. The molecule has 0 saturated carbocycles. The lowest BCUT2D eigenvalue weighted by molar-refractivity contribution is -0.148. The summed E-state index contributed by atoms with van der Waals surface area (Å²) in [4.78, 5) is 47.7. The van der Waals surface area contributed by atoms with Crippen LogP contribution in [0, 0.1) is 0 Å². The second-order valence-corrected chi connectivity index (χ2v) is 10.6. The number of benzene rings is 2. The largest absolute Gasteiger partial charge is 0.465 e. The van der Waals surface area contributed by atoms with Gasteiger partial charge in [0.05, 0.1) is 57.8 Å². The smallest absolute Gasteiger partial charge is 0.431 e. The Morgan fingerprint density at radius 2 is 0.974 bits per heavy atom. The Morgan fingerprint density at radius 1 is 0.641 bits per heavy atom. The van der Waals surface area contributed by atoms with E-state index in [1.54, 1.807) is 0 Å². The SMILES string of the molecule is CP(=O)(OC(=O)CC(O)CC(=O)OCCc1ccccc1)OC(=O)CC(O)CC(=O)OCCc1ccccc1. The van der Waals surface area contributed by atoms with E-state index in [-0.39, 0.29) is 13.2 Å². The summed E-state index contributed by atoms with van der Waals surface area (Å²) in [5.41, 5.74) is 1.93. The van der Waals surface area contributed by atoms with E-state index < -0.39 is 69.4 Å². The van der Waals surface area contributed by atoms with Crippen molar-refractivity contribution in [2.75, 3.05) is 19.9 Å². The summed E-state index contributed by atoms with van der Waals surface area (Å²) in [7, 11) is -4.24. The summed E-state index contributed by atoms with van der Waals surface area (Å²) < 4.78 is 31.7. The highest BCUT2D eigenvalue weighted by atomic mass is 31.2. The van der Waals surface area contributed by atoms with Crippen molar-refractivity contribution in [2.24, 2.45) is 0 Å². The molecule has 2 unspecified atom stereocenters. The highest BCUT2D eigenvalue weighted by Crippen LogP contribution is 2.44. The van der Waals surface area contributed by atoms with Gasteiger partial charge in [-0.05, 0) is 11.1 Å². The summed E-state index contributed by atoms with van der Waals surface area (Å²) in [6.07, 6.45) is -4.34. The van der Waals surface area contributed by atoms with Crippen LogP contribution in [0.5, 0.6) is 0 Å². The average Bonchev–Trinajstić information content (AvgIpc) is 2.84. The molecule has 0 saturated heterocycles. The zero-order valence-corrected chi connectivity index (χ0v) is 22.5. The molecule has 2 aromatic rings. The van der Waals surface area contributed by atoms with Crippen LogP contribution in [-0.4, -0.2) is 66.2 Å². The first-order valence-corrected chi connectivity index (χ1v) is 14.3. The molecule has 0 aromatic heterocycles. The number of esters is 2. The lowest BCUT2D eigenvalue weighted by Gasteiger charge is -2.16. The molecule has 2 N–H and O–H groups in total. The van der Waals surface area contributed by atoms with Crippen LogP contribution in [0.4, 0.5) is 0 Å². The van der Waals surface area contributed by atoms with Crippen molar-refractivity contribution < 1.29 is 52.5 Å². The van der Waals surface area contributed by atoms with Crippen LogP contribution >= 0.6 is 7.60 Å². The molecule has 0 aliphatic carbocycles. The van der Waals surface area contributed by atoms with Gasteiger partial charge in [-0.15, -0.1) is 0 Å². The van der Waals surface area contributed by atoms with Crippen molar-refractivity contribution in [3.8, 4) is 0 Å². The molecule has 12 heteroatoms. The van der Waals surface area contributed by atoms with Crippen molar-refractivity contribution in [3.63, 3.8) is 0 Å². The molecule has 2 aromatic carbocycles. The number of aliphatic hydroxyl groups is 2. The molecule has 0 spiro atoms. The van der Waals surface area contributed by atoms with Crippen LogP contribution < -0.4 is 0 Å². The topological polar surface area (TPSA) is 163 Å². The van der Waals surface area contributed by atoms with Gasteiger partial charge in [0.15, 0.2) is 0 Å². The predicted molar refractivity (Wildman–Crippen MR) is 138 cm³/mol. The Kier molecular flexibility index (Phi) is 13.4. The van der Waals surface area contributed by atoms with Crippen molar-refractivity contribution in [2.45, 2.75) is 50.7 Å². The van der Waals surface area contributed by atoms with Gasteiger partial charge in [-0.25, -0.2) is 4.57 Å². The molecule has 2 atom stereocenters. The number of aliphatic hydroxyl groups excluding tert-OH is 2. The molecule has 0 aliphatic heterocycles. The highest BCUT2D eigenvalue weighted by molar-refractivity contribution is 7.54. The molecule has 0 heterocycles. The second kappa shape index (κ2) is 16.4. The van der Waals surface area contributed by atoms with Gasteiger partial charge < -0.3 is 28.7 Å². The predicted octanol–water partition coefficient (Wildman–Crippen LogP) is 2.75. The summed E-state index contributed by atoms with van der Waals surface area (Å²) in [6, 6.07) is 18.6. The minimum absolute atomic E-state index is 0.0946. The zero-order chi connectivity index (χ0) is 28.7. The maximum absolute atomic E-state index is 12.4. The Hall–Kier alpha value is -3.53. The molecular formula is C27H33O11P. The number of ether oxygens (including phenoxy) is 2. The maximum Gasteiger partial charge on any atom is 0.431 e. The number of carbonyl (C=O) groups is 4. The Bertz CT molecular complexity index is 1040. The first-order chi connectivity index (χ1) is 18.5. The first kappa shape index (κ1) is 31.7. The van der Waals surface area contributed by atoms with Gasteiger partial charge >= 0.3 is 31.5 Å². The number of rotatable bonds is 16. The first-order valence-electron chi connectivity index (χ1n) is 12.3. The lowest BCUT2D eigenvalue weighted by Crippen LogP contribution is -2.22. The van der Waals surface area contributed by atoms with E-state index in [1.165, 1.54) is 0 Å². The molecule has 0 aliphatic rings. The van der Waals surface area contributed by atoms with Crippen molar-refractivity contribution >= 4 is 31.5 Å². The average molecular weight is 565 g/mol. The number of hydrogen-bond acceptors (Lipinski definition) is 11. The summed E-state index contributed by atoms with van der Waals surface area (Å²) in [5, 5.41) is 19.9. The Labute approximate surface area is 226 Å². The standard InChI is InChI=1S/C27H33O11P/c1-39(34,37-26(32)18-22(28)16-24(30)35-14-12-20-8-4-2-5-9-20)38-27(33)19-23(29)17-25(31)36-15-13-21-10-6-3-7-11-21/h2-11,22-23,28-29H,12-19H2,1H3. The van der Waals surface area contributed by atoms with Gasteiger partial charge in [0.1, 0.15) is 0 Å². The van der Waals surface area contributed by atoms with Gasteiger partial charge in [0.2, 0.25) is 0 Å². The van der Waals surface area contributed by atoms with Gasteiger partial charge in [-0.1, -0.05) is 60.7 Å². The van der Waals surface area contributed by atoms with E-state index >= 15 is 0 Å². The quantitative estimate of drug-likeness (QED) is 0.228. The molecule has 0 fully saturated rings. The van der Waals surface area contributed by atoms with Crippen LogP contribution in [0.2, 0.25) is 0 Å². The summed E-state index contributed by atoms with van der Waals surface area (Å²) in [6.45, 7) is 1.05. The van der Waals surface area contributed by atoms with Gasteiger partial charge in [0, 0.05) is 12.8 Å². The minimum atomic E-state index is -4.24. The fraction of sp³-hybridized carbons (Fsp3) is 0.407. The van der Waals surface area contributed by atoms with E-state index in [9.17, 15) is 34.0 Å². The highest BCUT2D eigenvalue weighted by Gasteiger charge is 2.29. The van der Waals surface area contributed by atoms with E-state index in [1.807, 2.05) is 60.7 Å². The summed E-state index contributed by atoms with van der Waals surface area (Å²) >= 11 is 0. The third kappa shape index (κ3) is 14.3. The Balaban J connectivity index is 1.63. The van der Waals surface area contributed by atoms with Gasteiger partial charge in [-0.3, -0.25) is 19.2 Å². The lowest BCUT2D eigenvalue weighted by atomic mass is 10.2.